The zero-order valence-corrected chi connectivity index (χ0v) is 32.9. The van der Waals surface area contributed by atoms with E-state index in [1.54, 1.807) is 6.92 Å². The van der Waals surface area contributed by atoms with Gasteiger partial charge in [0.1, 0.15) is 13.2 Å². The molecule has 0 amide bonds. The maximum absolute atomic E-state index is 11.1. The summed E-state index contributed by atoms with van der Waals surface area (Å²) in [5, 5.41) is 0. The van der Waals surface area contributed by atoms with Crippen LogP contribution in [0.2, 0.25) is 0 Å². The van der Waals surface area contributed by atoms with Crippen molar-refractivity contribution in [3.05, 3.63) is 117 Å². The Morgan fingerprint density at radius 2 is 1.04 bits per heavy atom. The number of ether oxygens (including phenoxy) is 2. The lowest BCUT2D eigenvalue weighted by molar-refractivity contribution is -0.142. The van der Waals surface area contributed by atoms with E-state index < -0.39 is 0 Å². The van der Waals surface area contributed by atoms with Crippen LogP contribution < -0.4 is 0 Å². The highest BCUT2D eigenvalue weighted by Crippen LogP contribution is 2.41. The van der Waals surface area contributed by atoms with Crippen molar-refractivity contribution < 1.29 is 19.1 Å². The molecule has 0 saturated carbocycles. The van der Waals surface area contributed by atoms with E-state index in [9.17, 15) is 9.59 Å². The van der Waals surface area contributed by atoms with E-state index in [1.807, 2.05) is 50.3 Å². The van der Waals surface area contributed by atoms with E-state index in [0.29, 0.717) is 19.6 Å². The van der Waals surface area contributed by atoms with Crippen molar-refractivity contribution in [2.75, 3.05) is 13.2 Å². The van der Waals surface area contributed by atoms with Crippen LogP contribution in [0.1, 0.15) is 128 Å². The van der Waals surface area contributed by atoms with Crippen molar-refractivity contribution >= 4 is 11.9 Å². The molecule has 0 unspecified atom stereocenters. The lowest BCUT2D eigenvalue weighted by Gasteiger charge is -2.33. The number of rotatable bonds is 13. The Labute approximate surface area is 299 Å². The van der Waals surface area contributed by atoms with Crippen LogP contribution in [-0.2, 0) is 19.1 Å². The highest BCUT2D eigenvalue weighted by atomic mass is 16.5. The summed E-state index contributed by atoms with van der Waals surface area (Å²) in [7, 11) is 0. The molecule has 0 N–H and O–H groups in total. The molecular formula is C45H66O4. The molecular weight excluding hydrogens is 604 g/mol. The van der Waals surface area contributed by atoms with Crippen molar-refractivity contribution in [3.63, 3.8) is 0 Å². The van der Waals surface area contributed by atoms with Gasteiger partial charge < -0.3 is 9.47 Å². The third-order valence-electron chi connectivity index (χ3n) is 9.18. The minimum absolute atomic E-state index is 0.163. The molecule has 0 aliphatic heterocycles. The second-order valence-corrected chi connectivity index (χ2v) is 14.8. The Morgan fingerprint density at radius 1 is 0.633 bits per heavy atom. The topological polar surface area (TPSA) is 52.6 Å². The molecule has 2 aliphatic rings. The first-order valence-electron chi connectivity index (χ1n) is 18.1. The molecule has 49 heavy (non-hydrogen) atoms. The van der Waals surface area contributed by atoms with Crippen LogP contribution in [0.5, 0.6) is 0 Å². The van der Waals surface area contributed by atoms with Crippen LogP contribution >= 0.6 is 0 Å². The lowest BCUT2D eigenvalue weighted by Crippen LogP contribution is -2.19. The molecule has 270 valence electrons. The molecule has 0 saturated heterocycles. The Morgan fingerprint density at radius 3 is 1.41 bits per heavy atom. The predicted octanol–water partition coefficient (Wildman–Crippen LogP) is 12.6. The molecule has 2 rings (SSSR count). The van der Waals surface area contributed by atoms with Gasteiger partial charge in [-0.1, -0.05) is 129 Å². The van der Waals surface area contributed by atoms with E-state index >= 15 is 0 Å². The van der Waals surface area contributed by atoms with Gasteiger partial charge in [-0.2, -0.15) is 0 Å². The third-order valence-corrected chi connectivity index (χ3v) is 9.18. The Bertz CT molecular complexity index is 1420. The largest absolute Gasteiger partial charge is 0.462 e. The van der Waals surface area contributed by atoms with E-state index in [-0.39, 0.29) is 22.8 Å². The molecule has 2 aliphatic carbocycles. The van der Waals surface area contributed by atoms with Gasteiger partial charge in [-0.15, -0.1) is 0 Å². The number of allylic oxidation sites excluding steroid dienone is 18. The molecule has 0 aromatic rings. The second-order valence-electron chi connectivity index (χ2n) is 14.8. The van der Waals surface area contributed by atoms with E-state index in [1.165, 1.54) is 78.9 Å². The Hall–Kier alpha value is -3.66. The van der Waals surface area contributed by atoms with Crippen molar-refractivity contribution in [1.29, 1.82) is 0 Å². The Balaban J connectivity index is 0.000000490. The second kappa shape index (κ2) is 22.1. The fourth-order valence-corrected chi connectivity index (χ4v) is 6.06. The molecule has 0 fully saturated rings. The first-order valence-corrected chi connectivity index (χ1v) is 18.1. The SMILES string of the molecule is CC(=O)OCC=C(C)C=CC=C(C)C=CC1=C(C)CCCC1(C)C.CCC(=O)OCC=C(C)C=CC=C(C)C=CC1=C(C)CCCC1(C)C. The van der Waals surface area contributed by atoms with Gasteiger partial charge >= 0.3 is 11.9 Å². The molecule has 0 bridgehead atoms. The van der Waals surface area contributed by atoms with E-state index in [2.05, 4.69) is 91.8 Å². The maximum atomic E-state index is 11.1. The molecule has 0 heterocycles. The fourth-order valence-electron chi connectivity index (χ4n) is 6.06. The van der Waals surface area contributed by atoms with Gasteiger partial charge in [0.15, 0.2) is 0 Å². The number of esters is 2. The number of hydrogen-bond donors (Lipinski definition) is 0. The quantitative estimate of drug-likeness (QED) is 0.145. The van der Waals surface area contributed by atoms with Crippen LogP contribution in [0.25, 0.3) is 0 Å². The van der Waals surface area contributed by atoms with Gasteiger partial charge in [0.05, 0.1) is 0 Å². The fraction of sp³-hybridized carbons (Fsp3) is 0.511. The van der Waals surface area contributed by atoms with Crippen LogP contribution in [0.4, 0.5) is 0 Å². The maximum Gasteiger partial charge on any atom is 0.305 e. The van der Waals surface area contributed by atoms with Crippen LogP contribution in [0.3, 0.4) is 0 Å². The van der Waals surface area contributed by atoms with Crippen LogP contribution in [-0.4, -0.2) is 25.2 Å². The summed E-state index contributed by atoms with van der Waals surface area (Å²) in [5.41, 5.74) is 11.2. The molecule has 0 spiro atoms. The summed E-state index contributed by atoms with van der Waals surface area (Å²) >= 11 is 0. The minimum Gasteiger partial charge on any atom is -0.462 e. The van der Waals surface area contributed by atoms with E-state index in [0.717, 1.165) is 11.1 Å². The first kappa shape index (κ1) is 43.4. The average Bonchev–Trinajstić information content (AvgIpc) is 3.00. The highest BCUT2D eigenvalue weighted by molar-refractivity contribution is 5.69. The summed E-state index contributed by atoms with van der Waals surface area (Å²) in [5.74, 6) is -0.414. The summed E-state index contributed by atoms with van der Waals surface area (Å²) < 4.78 is 9.94. The van der Waals surface area contributed by atoms with Gasteiger partial charge in [-0.3, -0.25) is 9.59 Å². The average molecular weight is 671 g/mol. The number of carbonyl (C=O) groups excluding carboxylic acids is 2. The van der Waals surface area contributed by atoms with Crippen molar-refractivity contribution in [2.45, 2.75) is 128 Å². The van der Waals surface area contributed by atoms with Crippen molar-refractivity contribution in [1.82, 2.24) is 0 Å². The molecule has 0 aromatic heterocycles. The summed E-state index contributed by atoms with van der Waals surface area (Å²) in [6.45, 7) is 26.0. The molecule has 0 atom stereocenters. The predicted molar refractivity (Wildman–Crippen MR) is 210 cm³/mol. The smallest absolute Gasteiger partial charge is 0.305 e. The monoisotopic (exact) mass is 670 g/mol. The zero-order valence-electron chi connectivity index (χ0n) is 32.9. The summed E-state index contributed by atoms with van der Waals surface area (Å²) in [6, 6.07) is 0. The Kier molecular flexibility index (Phi) is 19.6. The number of hydrogen-bond acceptors (Lipinski definition) is 4. The van der Waals surface area contributed by atoms with E-state index in [4.69, 9.17) is 9.47 Å². The van der Waals surface area contributed by atoms with Crippen molar-refractivity contribution in [3.8, 4) is 0 Å². The molecule has 0 radical (unpaired) electrons. The van der Waals surface area contributed by atoms with Gasteiger partial charge in [0.25, 0.3) is 0 Å². The number of carbonyl (C=O) groups is 2. The first-order chi connectivity index (χ1) is 23.0. The molecule has 4 nitrogen and oxygen atoms in total. The third kappa shape index (κ3) is 18.1. The van der Waals surface area contributed by atoms with Crippen molar-refractivity contribution in [2.24, 2.45) is 10.8 Å². The van der Waals surface area contributed by atoms with Gasteiger partial charge in [-0.25, -0.2) is 0 Å². The summed E-state index contributed by atoms with van der Waals surface area (Å²) in [6.07, 6.45) is 33.1. The zero-order chi connectivity index (χ0) is 37.0. The normalized spacial score (nSPS) is 19.3. The van der Waals surface area contributed by atoms with Gasteiger partial charge in [-0.05, 0) is 114 Å². The highest BCUT2D eigenvalue weighted by Gasteiger charge is 2.27. The standard InChI is InChI=1S/C23H34O2.C22H32O2/c1-7-22(24)25-17-15-19(3)11-8-10-18(2)13-14-21-20(4)12-9-16-23(21,5)6;1-17(9-7-10-18(2)14-16-24-20(4)23)12-13-21-19(3)11-8-15-22(21,5)6/h8,10-11,13-15H,7,9,12,16-17H2,1-6H3;7,9-10,12-14H,8,11,15-16H2,1-6H3. The summed E-state index contributed by atoms with van der Waals surface area (Å²) in [4.78, 5) is 21.8. The van der Waals surface area contributed by atoms with Crippen LogP contribution in [0, 0.1) is 10.8 Å². The van der Waals surface area contributed by atoms with Gasteiger partial charge in [0, 0.05) is 13.3 Å². The van der Waals surface area contributed by atoms with Crippen LogP contribution in [0.15, 0.2) is 117 Å². The molecule has 0 aromatic carbocycles. The van der Waals surface area contributed by atoms with Gasteiger partial charge in [0.2, 0.25) is 0 Å². The lowest BCUT2D eigenvalue weighted by atomic mass is 9.72. The molecule has 4 heteroatoms. The minimum atomic E-state index is -0.251.